The van der Waals surface area contributed by atoms with E-state index in [0.29, 0.717) is 32.1 Å². The van der Waals surface area contributed by atoms with Gasteiger partial charge in [0, 0.05) is 12.8 Å². The molecular weight excluding hydrogens is 512 g/mol. The van der Waals surface area contributed by atoms with Crippen LogP contribution in [-0.2, 0) is 23.9 Å². The summed E-state index contributed by atoms with van der Waals surface area (Å²) in [7, 11) is 1.33. The molecule has 0 bridgehead atoms. The van der Waals surface area contributed by atoms with Gasteiger partial charge in [-0.3, -0.25) is 14.4 Å². The molecule has 5 rings (SSSR count). The molecule has 0 aromatic carbocycles. The van der Waals surface area contributed by atoms with E-state index in [2.05, 4.69) is 19.9 Å². The zero-order valence-electron chi connectivity index (χ0n) is 25.0. The lowest BCUT2D eigenvalue weighted by Gasteiger charge is -2.68. The molecule has 8 heteroatoms. The van der Waals surface area contributed by atoms with Crippen LogP contribution in [0.4, 0.5) is 0 Å². The second kappa shape index (κ2) is 9.55. The molecule has 0 aromatic rings. The zero-order valence-corrected chi connectivity index (χ0v) is 25.0. The van der Waals surface area contributed by atoms with Crippen LogP contribution >= 0.6 is 0 Å². The molecule has 4 fully saturated rings. The van der Waals surface area contributed by atoms with Crippen LogP contribution < -0.4 is 0 Å². The first kappa shape index (κ1) is 29.6. The highest BCUT2D eigenvalue weighted by Crippen LogP contribution is 2.72. The van der Waals surface area contributed by atoms with E-state index in [4.69, 9.17) is 9.47 Å². The van der Waals surface area contributed by atoms with E-state index in [1.54, 1.807) is 0 Å². The van der Waals surface area contributed by atoms with Crippen LogP contribution in [0.15, 0.2) is 11.6 Å². The van der Waals surface area contributed by atoms with Crippen molar-refractivity contribution in [3.05, 3.63) is 11.6 Å². The van der Waals surface area contributed by atoms with Crippen LogP contribution in [-0.4, -0.2) is 58.6 Å². The van der Waals surface area contributed by atoms with Crippen LogP contribution in [0.1, 0.15) is 92.4 Å². The van der Waals surface area contributed by atoms with E-state index in [9.17, 15) is 29.7 Å². The summed E-state index contributed by atoms with van der Waals surface area (Å²) in [6, 6.07) is 0. The first-order valence-corrected chi connectivity index (χ1v) is 15.2. The fraction of sp³-hybridized carbons (Fsp3) is 0.844. The highest BCUT2D eigenvalue weighted by atomic mass is 16.6. The van der Waals surface area contributed by atoms with Gasteiger partial charge in [0.05, 0.1) is 24.7 Å². The van der Waals surface area contributed by atoms with Gasteiger partial charge < -0.3 is 24.8 Å². The summed E-state index contributed by atoms with van der Waals surface area (Å²) in [4.78, 5) is 38.4. The molecule has 0 aliphatic heterocycles. The summed E-state index contributed by atoms with van der Waals surface area (Å²) in [5, 5.41) is 33.2. The lowest BCUT2D eigenvalue weighted by atomic mass is 9.36. The number of hydrogen-bond acceptors (Lipinski definition) is 7. The van der Waals surface area contributed by atoms with Crippen molar-refractivity contribution in [2.24, 2.45) is 51.2 Å². The molecule has 3 N–H and O–H groups in total. The number of allylic oxidation sites excluding steroid dienone is 1. The smallest absolute Gasteiger partial charge is 0.318 e. The molecule has 224 valence electrons. The van der Waals surface area contributed by atoms with E-state index in [-0.39, 0.29) is 34.5 Å². The summed E-state index contributed by atoms with van der Waals surface area (Å²) < 4.78 is 11.0. The number of aliphatic carboxylic acids is 1. The topological polar surface area (TPSA) is 130 Å². The standard InChI is InChI=1S/C32H48O8/c1-18-9-15-31(26(35)36)16-10-21-20(25(31)30(18,5)38)7-8-22-28(21,3)13-11-23-29(22,4)14-12-24(40-19(2)34)32(23,17-33)27(37)39-6/h7,18,21-25,33,38H,8-17H2,1-6H3,(H,35,36)/t18-,21+,22-,23+,24-,25+,28-,29+,30+,31-,32+/m0/s1. The Kier molecular flexibility index (Phi) is 7.06. The van der Waals surface area contributed by atoms with Gasteiger partial charge in [0.2, 0.25) is 0 Å². The molecule has 11 atom stereocenters. The maximum atomic E-state index is 13.5. The van der Waals surface area contributed by atoms with Crippen molar-refractivity contribution in [3.8, 4) is 0 Å². The largest absolute Gasteiger partial charge is 0.481 e. The number of methoxy groups -OCH3 is 1. The zero-order chi connectivity index (χ0) is 29.5. The molecule has 5 aliphatic carbocycles. The van der Waals surface area contributed by atoms with E-state index >= 15 is 0 Å². The van der Waals surface area contributed by atoms with Crippen molar-refractivity contribution >= 4 is 17.9 Å². The van der Waals surface area contributed by atoms with Gasteiger partial charge in [-0.2, -0.15) is 0 Å². The van der Waals surface area contributed by atoms with Gasteiger partial charge in [-0.1, -0.05) is 32.4 Å². The highest BCUT2D eigenvalue weighted by molar-refractivity contribution is 5.80. The summed E-state index contributed by atoms with van der Waals surface area (Å²) >= 11 is 0. The summed E-state index contributed by atoms with van der Waals surface area (Å²) in [5.74, 6) is -2.11. The Bertz CT molecular complexity index is 1110. The Balaban J connectivity index is 1.59. The van der Waals surface area contributed by atoms with Gasteiger partial charge in [-0.25, -0.2) is 0 Å². The summed E-state index contributed by atoms with van der Waals surface area (Å²) in [6.45, 7) is 9.34. The molecular formula is C32H48O8. The first-order valence-electron chi connectivity index (χ1n) is 15.2. The molecule has 0 unspecified atom stereocenters. The van der Waals surface area contributed by atoms with Crippen LogP contribution in [0, 0.1) is 51.2 Å². The normalized spacial score (nSPS) is 49.8. The van der Waals surface area contributed by atoms with Gasteiger partial charge in [-0.15, -0.1) is 0 Å². The van der Waals surface area contributed by atoms with Gasteiger partial charge in [0.15, 0.2) is 0 Å². The Morgan fingerprint density at radius 3 is 2.23 bits per heavy atom. The van der Waals surface area contributed by atoms with Crippen LogP contribution in [0.3, 0.4) is 0 Å². The number of carbonyl (C=O) groups excluding carboxylic acids is 2. The monoisotopic (exact) mass is 560 g/mol. The number of carboxylic acid groups (broad SMARTS) is 1. The Labute approximate surface area is 237 Å². The van der Waals surface area contributed by atoms with Crippen molar-refractivity contribution in [3.63, 3.8) is 0 Å². The van der Waals surface area contributed by atoms with Crippen molar-refractivity contribution in [1.29, 1.82) is 0 Å². The predicted molar refractivity (Wildman–Crippen MR) is 147 cm³/mol. The van der Waals surface area contributed by atoms with Crippen LogP contribution in [0.2, 0.25) is 0 Å². The van der Waals surface area contributed by atoms with Gasteiger partial charge in [0.25, 0.3) is 0 Å². The maximum Gasteiger partial charge on any atom is 0.318 e. The fourth-order valence-corrected chi connectivity index (χ4v) is 11.1. The number of carbonyl (C=O) groups is 3. The van der Waals surface area contributed by atoms with E-state index < -0.39 is 53.0 Å². The minimum absolute atomic E-state index is 0.00480. The third kappa shape index (κ3) is 3.66. The Morgan fingerprint density at radius 2 is 1.62 bits per heavy atom. The van der Waals surface area contributed by atoms with Gasteiger partial charge in [0.1, 0.15) is 11.5 Å². The number of esters is 2. The predicted octanol–water partition coefficient (Wildman–Crippen LogP) is 4.51. The van der Waals surface area contributed by atoms with Gasteiger partial charge >= 0.3 is 17.9 Å². The number of aliphatic hydroxyl groups excluding tert-OH is 1. The highest BCUT2D eigenvalue weighted by Gasteiger charge is 2.71. The minimum atomic E-state index is -1.33. The number of rotatable bonds is 4. The van der Waals surface area contributed by atoms with E-state index in [1.807, 2.05) is 13.8 Å². The second-order valence-corrected chi connectivity index (χ2v) is 14.6. The molecule has 0 radical (unpaired) electrons. The molecule has 0 saturated heterocycles. The lowest BCUT2D eigenvalue weighted by Crippen LogP contribution is -2.67. The average molecular weight is 561 g/mol. The molecule has 0 spiro atoms. The number of hydrogen-bond donors (Lipinski definition) is 3. The lowest BCUT2D eigenvalue weighted by molar-refractivity contribution is -0.229. The second-order valence-electron chi connectivity index (χ2n) is 14.6. The minimum Gasteiger partial charge on any atom is -0.481 e. The molecule has 5 aliphatic rings. The third-order valence-electron chi connectivity index (χ3n) is 13.2. The van der Waals surface area contributed by atoms with Crippen molar-refractivity contribution in [2.75, 3.05) is 13.7 Å². The summed E-state index contributed by atoms with van der Waals surface area (Å²) in [5.41, 5.74) is -2.73. The molecule has 8 nitrogen and oxygen atoms in total. The molecule has 4 saturated carbocycles. The van der Waals surface area contributed by atoms with Crippen LogP contribution in [0.5, 0.6) is 0 Å². The quantitative estimate of drug-likeness (QED) is 0.338. The first-order chi connectivity index (χ1) is 18.7. The maximum absolute atomic E-state index is 13.5. The van der Waals surface area contributed by atoms with Crippen molar-refractivity contribution in [1.82, 2.24) is 0 Å². The molecule has 40 heavy (non-hydrogen) atoms. The molecule has 0 aromatic heterocycles. The number of fused-ring (bicyclic) bond motifs is 7. The third-order valence-corrected chi connectivity index (χ3v) is 13.2. The summed E-state index contributed by atoms with van der Waals surface area (Å²) in [6.07, 6.45) is 7.53. The Hall–Kier alpha value is -1.93. The molecule has 0 amide bonds. The van der Waals surface area contributed by atoms with Crippen molar-refractivity contribution in [2.45, 2.75) is 104 Å². The fourth-order valence-electron chi connectivity index (χ4n) is 11.1. The molecule has 0 heterocycles. The average Bonchev–Trinajstić information content (AvgIpc) is 2.89. The SMILES string of the molecule is COC(=O)[C@@]1(CO)[C@@H](OC(C)=O)CC[C@]2(C)[C@H]3CC=C4[C@@H](CC[C@@]5(C(=O)O)CC[C@H](C)[C@@](C)(O)[C@@H]45)[C@]3(C)CC[C@H]21. The number of aliphatic hydroxyl groups is 2. The van der Waals surface area contributed by atoms with Crippen molar-refractivity contribution < 1.29 is 39.2 Å². The van der Waals surface area contributed by atoms with Gasteiger partial charge in [-0.05, 0) is 99.2 Å². The van der Waals surface area contributed by atoms with E-state index in [1.165, 1.54) is 14.0 Å². The Morgan fingerprint density at radius 1 is 0.975 bits per heavy atom. The van der Waals surface area contributed by atoms with Crippen LogP contribution in [0.25, 0.3) is 0 Å². The van der Waals surface area contributed by atoms with E-state index in [0.717, 1.165) is 31.3 Å². The number of carboxylic acids is 1. The number of ether oxygens (including phenoxy) is 2.